The van der Waals surface area contributed by atoms with Crippen LogP contribution in [0.15, 0.2) is 97.6 Å². The highest BCUT2D eigenvalue weighted by Crippen LogP contribution is 2.21. The third-order valence-corrected chi connectivity index (χ3v) is 4.44. The second-order valence-electron chi connectivity index (χ2n) is 6.68. The van der Waals surface area contributed by atoms with Crippen molar-refractivity contribution in [3.63, 3.8) is 0 Å². The first kappa shape index (κ1) is 18.5. The number of nitrogens with zero attached hydrogens (tertiary/aromatic N) is 2. The predicted molar refractivity (Wildman–Crippen MR) is 112 cm³/mol. The van der Waals surface area contributed by atoms with Gasteiger partial charge in [-0.25, -0.2) is 4.98 Å². The minimum Gasteiger partial charge on any atom is -0.457 e. The average molecular weight is 383 g/mol. The van der Waals surface area contributed by atoms with E-state index in [-0.39, 0.29) is 5.91 Å². The van der Waals surface area contributed by atoms with Crippen molar-refractivity contribution in [3.8, 4) is 11.5 Å². The number of hydrogen-bond acceptors (Lipinski definition) is 3. The molecule has 5 nitrogen and oxygen atoms in total. The Labute approximate surface area is 169 Å². The molecule has 0 bridgehead atoms. The van der Waals surface area contributed by atoms with Crippen molar-refractivity contribution >= 4 is 5.91 Å². The maximum absolute atomic E-state index is 12.6. The van der Waals surface area contributed by atoms with Gasteiger partial charge in [0.1, 0.15) is 11.5 Å². The number of aromatic nitrogens is 2. The maximum Gasteiger partial charge on any atom is 0.251 e. The molecular formula is C24H21N3O2. The van der Waals surface area contributed by atoms with Crippen molar-refractivity contribution in [2.45, 2.75) is 13.1 Å². The second-order valence-corrected chi connectivity index (χ2v) is 6.68. The monoisotopic (exact) mass is 383 g/mol. The Morgan fingerprint density at radius 1 is 0.897 bits per heavy atom. The van der Waals surface area contributed by atoms with E-state index in [2.05, 4.69) is 10.3 Å². The van der Waals surface area contributed by atoms with E-state index in [0.717, 1.165) is 22.6 Å². The highest BCUT2D eigenvalue weighted by molar-refractivity contribution is 5.94. The predicted octanol–water partition coefficient (Wildman–Crippen LogP) is 4.65. The fourth-order valence-corrected chi connectivity index (χ4v) is 3.03. The van der Waals surface area contributed by atoms with Crippen LogP contribution in [0, 0.1) is 0 Å². The number of rotatable bonds is 7. The van der Waals surface area contributed by atoms with Crippen LogP contribution < -0.4 is 10.1 Å². The highest BCUT2D eigenvalue weighted by atomic mass is 16.5. The molecule has 1 heterocycles. The lowest BCUT2D eigenvalue weighted by atomic mass is 10.1. The van der Waals surface area contributed by atoms with Crippen LogP contribution in [-0.2, 0) is 13.1 Å². The largest absolute Gasteiger partial charge is 0.457 e. The summed E-state index contributed by atoms with van der Waals surface area (Å²) in [6, 6.07) is 25.0. The molecule has 5 heteroatoms. The molecule has 0 saturated heterocycles. The van der Waals surface area contributed by atoms with Gasteiger partial charge in [0, 0.05) is 31.0 Å². The number of nitrogens with one attached hydrogen (secondary N) is 1. The van der Waals surface area contributed by atoms with Gasteiger partial charge in [-0.05, 0) is 47.5 Å². The van der Waals surface area contributed by atoms with Crippen LogP contribution in [0.2, 0.25) is 0 Å². The smallest absolute Gasteiger partial charge is 0.251 e. The van der Waals surface area contributed by atoms with Crippen molar-refractivity contribution in [3.05, 3.63) is 114 Å². The number of imidazole rings is 1. The summed E-state index contributed by atoms with van der Waals surface area (Å²) in [6.45, 7) is 1.11. The number of amides is 1. The van der Waals surface area contributed by atoms with Gasteiger partial charge < -0.3 is 14.6 Å². The van der Waals surface area contributed by atoms with Crippen molar-refractivity contribution in [1.82, 2.24) is 14.9 Å². The Bertz CT molecular complexity index is 1080. The SMILES string of the molecule is O=C(NCc1cccc(Oc2ccccc2)c1)c1cccc(Cn2ccnc2)c1. The standard InChI is InChI=1S/C24H21N3O2/c28-24(21-8-4-7-20(14-21)17-27-13-12-25-18-27)26-16-19-6-5-11-23(15-19)29-22-9-2-1-3-10-22/h1-15,18H,16-17H2,(H,26,28). The summed E-state index contributed by atoms with van der Waals surface area (Å²) in [6.07, 6.45) is 5.40. The number of ether oxygens (including phenoxy) is 1. The van der Waals surface area contributed by atoms with E-state index >= 15 is 0 Å². The van der Waals surface area contributed by atoms with E-state index < -0.39 is 0 Å². The molecule has 0 aliphatic rings. The molecule has 1 N–H and O–H groups in total. The quantitative estimate of drug-likeness (QED) is 0.505. The van der Waals surface area contributed by atoms with Crippen molar-refractivity contribution < 1.29 is 9.53 Å². The first-order chi connectivity index (χ1) is 14.3. The third kappa shape index (κ3) is 5.11. The van der Waals surface area contributed by atoms with E-state index in [4.69, 9.17) is 4.74 Å². The van der Waals surface area contributed by atoms with Gasteiger partial charge in [-0.3, -0.25) is 4.79 Å². The van der Waals surface area contributed by atoms with Gasteiger partial charge >= 0.3 is 0 Å². The van der Waals surface area contributed by atoms with E-state index in [0.29, 0.717) is 18.7 Å². The Morgan fingerprint density at radius 3 is 2.52 bits per heavy atom. The van der Waals surface area contributed by atoms with Gasteiger partial charge in [0.15, 0.2) is 0 Å². The Kier molecular flexibility index (Phi) is 5.67. The van der Waals surface area contributed by atoms with Crippen LogP contribution >= 0.6 is 0 Å². The minimum atomic E-state index is -0.105. The summed E-state index contributed by atoms with van der Waals surface area (Å²) in [7, 11) is 0. The lowest BCUT2D eigenvalue weighted by Gasteiger charge is -2.10. The lowest BCUT2D eigenvalue weighted by molar-refractivity contribution is 0.0950. The minimum absolute atomic E-state index is 0.105. The summed E-state index contributed by atoms with van der Waals surface area (Å²) < 4.78 is 7.82. The number of carbonyl (C=O) groups is 1. The van der Waals surface area contributed by atoms with Crippen LogP contribution in [0.3, 0.4) is 0 Å². The molecule has 0 aliphatic heterocycles. The normalized spacial score (nSPS) is 10.5. The molecule has 0 saturated carbocycles. The third-order valence-electron chi connectivity index (χ3n) is 4.44. The summed E-state index contributed by atoms with van der Waals surface area (Å²) in [5.74, 6) is 1.42. The molecule has 0 unspecified atom stereocenters. The summed E-state index contributed by atoms with van der Waals surface area (Å²) in [5, 5.41) is 2.98. The molecule has 1 amide bonds. The number of benzene rings is 3. The highest BCUT2D eigenvalue weighted by Gasteiger charge is 2.07. The zero-order chi connectivity index (χ0) is 19.9. The summed E-state index contributed by atoms with van der Waals surface area (Å²) in [4.78, 5) is 16.6. The Hall–Kier alpha value is -3.86. The van der Waals surface area contributed by atoms with Gasteiger partial charge in [0.2, 0.25) is 0 Å². The van der Waals surface area contributed by atoms with E-state index in [1.165, 1.54) is 0 Å². The molecule has 29 heavy (non-hydrogen) atoms. The first-order valence-electron chi connectivity index (χ1n) is 9.41. The molecule has 1 aromatic heterocycles. The molecule has 0 atom stereocenters. The van der Waals surface area contributed by atoms with Crippen LogP contribution in [-0.4, -0.2) is 15.5 Å². The molecule has 0 radical (unpaired) electrons. The molecular weight excluding hydrogens is 362 g/mol. The molecule has 144 valence electrons. The summed E-state index contributed by atoms with van der Waals surface area (Å²) >= 11 is 0. The Balaban J connectivity index is 1.38. The van der Waals surface area contributed by atoms with E-state index in [1.807, 2.05) is 89.6 Å². The van der Waals surface area contributed by atoms with E-state index in [9.17, 15) is 4.79 Å². The molecule has 0 fully saturated rings. The molecule has 4 aromatic rings. The topological polar surface area (TPSA) is 56.1 Å². The first-order valence-corrected chi connectivity index (χ1v) is 9.41. The summed E-state index contributed by atoms with van der Waals surface area (Å²) in [5.41, 5.74) is 2.66. The Morgan fingerprint density at radius 2 is 1.69 bits per heavy atom. The zero-order valence-electron chi connectivity index (χ0n) is 15.9. The molecule has 0 spiro atoms. The van der Waals surface area contributed by atoms with Crippen LogP contribution in [0.5, 0.6) is 11.5 Å². The second kappa shape index (κ2) is 8.89. The maximum atomic E-state index is 12.6. The molecule has 4 rings (SSSR count). The van der Waals surface area contributed by atoms with Gasteiger partial charge in [-0.1, -0.05) is 42.5 Å². The van der Waals surface area contributed by atoms with Crippen LogP contribution in [0.4, 0.5) is 0 Å². The fraction of sp³-hybridized carbons (Fsp3) is 0.0833. The fourth-order valence-electron chi connectivity index (χ4n) is 3.03. The van der Waals surface area contributed by atoms with Gasteiger partial charge in [-0.15, -0.1) is 0 Å². The number of carbonyl (C=O) groups excluding carboxylic acids is 1. The zero-order valence-corrected chi connectivity index (χ0v) is 15.9. The van der Waals surface area contributed by atoms with Gasteiger partial charge in [0.25, 0.3) is 5.91 Å². The van der Waals surface area contributed by atoms with Crippen LogP contribution in [0.1, 0.15) is 21.5 Å². The van der Waals surface area contributed by atoms with Gasteiger partial charge in [0.05, 0.1) is 6.33 Å². The number of hydrogen-bond donors (Lipinski definition) is 1. The van der Waals surface area contributed by atoms with Crippen LogP contribution in [0.25, 0.3) is 0 Å². The average Bonchev–Trinajstić information content (AvgIpc) is 3.26. The van der Waals surface area contributed by atoms with Crippen molar-refractivity contribution in [2.75, 3.05) is 0 Å². The van der Waals surface area contributed by atoms with Crippen molar-refractivity contribution in [2.24, 2.45) is 0 Å². The van der Waals surface area contributed by atoms with Crippen molar-refractivity contribution in [1.29, 1.82) is 0 Å². The van der Waals surface area contributed by atoms with E-state index in [1.54, 1.807) is 12.5 Å². The molecule has 0 aliphatic carbocycles. The van der Waals surface area contributed by atoms with Gasteiger partial charge in [-0.2, -0.15) is 0 Å². The number of para-hydroxylation sites is 1. The lowest BCUT2D eigenvalue weighted by Crippen LogP contribution is -2.22. The molecule has 3 aromatic carbocycles.